The number of thiophene rings is 1. The molecule has 0 saturated carbocycles. The molecule has 8 heteroatoms. The molecule has 0 bridgehead atoms. The Morgan fingerprint density at radius 3 is 2.70 bits per heavy atom. The average molecular weight is 392 g/mol. The van der Waals surface area contributed by atoms with Gasteiger partial charge in [-0.1, -0.05) is 11.6 Å². The summed E-state index contributed by atoms with van der Waals surface area (Å²) in [4.78, 5) is 0.928. The van der Waals surface area contributed by atoms with E-state index >= 15 is 0 Å². The monoisotopic (exact) mass is 390 g/mol. The molecule has 0 aliphatic heterocycles. The fraction of sp³-hybridized carbons (Fsp3) is 0.0833. The zero-order valence-corrected chi connectivity index (χ0v) is 13.9. The van der Waals surface area contributed by atoms with Gasteiger partial charge in [0.1, 0.15) is 6.07 Å². The minimum atomic E-state index is -3.65. The largest absolute Gasteiger partial charge is 0.240 e. The molecule has 20 heavy (non-hydrogen) atoms. The molecule has 0 spiro atoms. The van der Waals surface area contributed by atoms with Gasteiger partial charge in [-0.25, -0.2) is 13.1 Å². The van der Waals surface area contributed by atoms with Gasteiger partial charge in [0.2, 0.25) is 10.0 Å². The Bertz CT molecular complexity index is 781. The molecule has 2 rings (SSSR count). The van der Waals surface area contributed by atoms with E-state index in [9.17, 15) is 8.42 Å². The number of hydrogen-bond acceptors (Lipinski definition) is 4. The van der Waals surface area contributed by atoms with E-state index in [1.54, 1.807) is 0 Å². The molecule has 0 atom stereocenters. The number of nitrogens with one attached hydrogen (secondary N) is 1. The molecular weight excluding hydrogens is 384 g/mol. The third-order valence-electron chi connectivity index (χ3n) is 2.43. The molecule has 4 nitrogen and oxygen atoms in total. The molecule has 0 amide bonds. The van der Waals surface area contributed by atoms with Crippen LogP contribution < -0.4 is 4.72 Å². The molecule has 1 aromatic heterocycles. The van der Waals surface area contributed by atoms with E-state index in [1.807, 2.05) is 17.5 Å². The number of hydrogen-bond donors (Lipinski definition) is 1. The smallest absolute Gasteiger partial charge is 0.207 e. The van der Waals surface area contributed by atoms with Crippen molar-refractivity contribution in [3.8, 4) is 6.07 Å². The van der Waals surface area contributed by atoms with Crippen molar-refractivity contribution in [3.63, 3.8) is 0 Å². The van der Waals surface area contributed by atoms with Crippen molar-refractivity contribution >= 4 is 48.9 Å². The van der Waals surface area contributed by atoms with E-state index in [0.717, 1.165) is 9.35 Å². The van der Waals surface area contributed by atoms with Gasteiger partial charge < -0.3 is 0 Å². The molecule has 1 heterocycles. The maximum absolute atomic E-state index is 12.1. The third-order valence-corrected chi connectivity index (χ3v) is 5.84. The highest BCUT2D eigenvalue weighted by Gasteiger charge is 2.15. The lowest BCUT2D eigenvalue weighted by Crippen LogP contribution is -2.22. The minimum absolute atomic E-state index is 0.0390. The normalized spacial score (nSPS) is 11.2. The Balaban J connectivity index is 2.18. The van der Waals surface area contributed by atoms with Crippen LogP contribution in [0.15, 0.2) is 39.0 Å². The Hall–Kier alpha value is -0.910. The second kappa shape index (κ2) is 6.24. The summed E-state index contributed by atoms with van der Waals surface area (Å²) in [7, 11) is -3.65. The van der Waals surface area contributed by atoms with Gasteiger partial charge in [0.05, 0.1) is 15.5 Å². The average Bonchev–Trinajstić information content (AvgIpc) is 2.82. The van der Waals surface area contributed by atoms with Crippen LogP contribution in [0.5, 0.6) is 0 Å². The lowest BCUT2D eigenvalue weighted by molar-refractivity contribution is 0.582. The van der Waals surface area contributed by atoms with Gasteiger partial charge in [-0.3, -0.25) is 0 Å². The van der Waals surface area contributed by atoms with E-state index in [4.69, 9.17) is 16.9 Å². The van der Waals surface area contributed by atoms with Crippen LogP contribution in [0.4, 0.5) is 0 Å². The molecule has 0 fully saturated rings. The van der Waals surface area contributed by atoms with E-state index in [1.165, 1.54) is 29.5 Å². The van der Waals surface area contributed by atoms with Crippen molar-refractivity contribution < 1.29 is 8.42 Å². The highest BCUT2D eigenvalue weighted by molar-refractivity contribution is 9.10. The minimum Gasteiger partial charge on any atom is -0.207 e. The van der Waals surface area contributed by atoms with Gasteiger partial charge in [0.15, 0.2) is 0 Å². The number of nitriles is 1. The zero-order valence-electron chi connectivity index (χ0n) is 9.93. The first kappa shape index (κ1) is 15.5. The van der Waals surface area contributed by atoms with Crippen molar-refractivity contribution in [2.45, 2.75) is 11.4 Å². The van der Waals surface area contributed by atoms with Crippen LogP contribution in [0, 0.1) is 11.3 Å². The van der Waals surface area contributed by atoms with Gasteiger partial charge in [-0.2, -0.15) is 5.26 Å². The number of benzene rings is 1. The predicted octanol–water partition coefficient (Wildman–Crippen LogP) is 3.51. The molecule has 1 aromatic carbocycles. The van der Waals surface area contributed by atoms with Crippen molar-refractivity contribution in [2.24, 2.45) is 0 Å². The highest BCUT2D eigenvalue weighted by atomic mass is 79.9. The van der Waals surface area contributed by atoms with Crippen LogP contribution in [0.25, 0.3) is 0 Å². The molecule has 0 aliphatic rings. The second-order valence-corrected chi connectivity index (χ2v) is 7.89. The van der Waals surface area contributed by atoms with E-state index < -0.39 is 10.0 Å². The van der Waals surface area contributed by atoms with Crippen molar-refractivity contribution in [3.05, 3.63) is 49.6 Å². The molecule has 2 aromatic rings. The van der Waals surface area contributed by atoms with Gasteiger partial charge in [0.25, 0.3) is 0 Å². The number of nitrogens with zero attached hydrogens (tertiary/aromatic N) is 1. The summed E-state index contributed by atoms with van der Waals surface area (Å²) >= 11 is 10.6. The van der Waals surface area contributed by atoms with Crippen LogP contribution in [-0.4, -0.2) is 8.42 Å². The van der Waals surface area contributed by atoms with Gasteiger partial charge in [-0.15, -0.1) is 11.3 Å². The summed E-state index contributed by atoms with van der Waals surface area (Å²) in [6.45, 7) is 0.205. The van der Waals surface area contributed by atoms with Gasteiger partial charge in [0, 0.05) is 21.3 Å². The molecule has 1 N–H and O–H groups in total. The predicted molar refractivity (Wildman–Crippen MR) is 82.2 cm³/mol. The summed E-state index contributed by atoms with van der Waals surface area (Å²) in [6.07, 6.45) is 0. The summed E-state index contributed by atoms with van der Waals surface area (Å²) in [5.41, 5.74) is 0.243. The maximum atomic E-state index is 12.1. The van der Waals surface area contributed by atoms with Crippen molar-refractivity contribution in [2.75, 3.05) is 0 Å². The standard InChI is InChI=1S/C12H8BrClN2O2S2/c13-9-3-10(19-7-9)6-16-20(17,18)11-2-1-8(5-15)12(14)4-11/h1-4,7,16H,6H2. The van der Waals surface area contributed by atoms with E-state index in [0.29, 0.717) is 0 Å². The molecule has 0 saturated heterocycles. The summed E-state index contributed by atoms with van der Waals surface area (Å²) in [5, 5.41) is 10.8. The van der Waals surface area contributed by atoms with E-state index in [2.05, 4.69) is 20.7 Å². The van der Waals surface area contributed by atoms with E-state index in [-0.39, 0.29) is 22.0 Å². The van der Waals surface area contributed by atoms with Gasteiger partial charge >= 0.3 is 0 Å². The van der Waals surface area contributed by atoms with Gasteiger partial charge in [-0.05, 0) is 40.2 Å². The number of sulfonamides is 1. The van der Waals surface area contributed by atoms with Crippen LogP contribution in [0.2, 0.25) is 5.02 Å². The lowest BCUT2D eigenvalue weighted by Gasteiger charge is -2.06. The maximum Gasteiger partial charge on any atom is 0.240 e. The Morgan fingerprint density at radius 2 is 2.15 bits per heavy atom. The number of halogens is 2. The van der Waals surface area contributed by atoms with Crippen molar-refractivity contribution in [1.29, 1.82) is 5.26 Å². The summed E-state index contributed by atoms with van der Waals surface area (Å²) in [6, 6.07) is 7.75. The fourth-order valence-electron chi connectivity index (χ4n) is 1.45. The number of rotatable bonds is 4. The van der Waals surface area contributed by atoms with Crippen LogP contribution >= 0.6 is 38.9 Å². The first-order chi connectivity index (χ1) is 9.42. The summed E-state index contributed by atoms with van der Waals surface area (Å²) in [5.74, 6) is 0. The van der Waals surface area contributed by atoms with Crippen LogP contribution in [-0.2, 0) is 16.6 Å². The first-order valence-electron chi connectivity index (χ1n) is 5.34. The molecule has 0 unspecified atom stereocenters. The van der Waals surface area contributed by atoms with Crippen molar-refractivity contribution in [1.82, 2.24) is 4.72 Å². The molecule has 0 radical (unpaired) electrons. The Labute approximate surface area is 134 Å². The third kappa shape index (κ3) is 3.59. The quantitative estimate of drug-likeness (QED) is 0.867. The topological polar surface area (TPSA) is 70.0 Å². The fourth-order valence-corrected chi connectivity index (χ4v) is 4.25. The highest BCUT2D eigenvalue weighted by Crippen LogP contribution is 2.22. The SMILES string of the molecule is N#Cc1ccc(S(=O)(=O)NCc2cc(Br)cs2)cc1Cl. The lowest BCUT2D eigenvalue weighted by atomic mass is 10.2. The molecular formula is C12H8BrClN2O2S2. The molecule has 0 aliphatic carbocycles. The Kier molecular flexibility index (Phi) is 4.83. The first-order valence-corrected chi connectivity index (χ1v) is 8.88. The molecule has 104 valence electrons. The Morgan fingerprint density at radius 1 is 1.40 bits per heavy atom. The second-order valence-electron chi connectivity index (χ2n) is 3.81. The zero-order chi connectivity index (χ0) is 14.8. The van der Waals surface area contributed by atoms with Crippen LogP contribution in [0.1, 0.15) is 10.4 Å². The van der Waals surface area contributed by atoms with Crippen LogP contribution in [0.3, 0.4) is 0 Å². The summed E-state index contributed by atoms with van der Waals surface area (Å²) < 4.78 is 27.6.